The van der Waals surface area contributed by atoms with Crippen molar-refractivity contribution in [2.75, 3.05) is 16.7 Å². The molecule has 3 rings (SSSR count). The highest BCUT2D eigenvalue weighted by molar-refractivity contribution is 7.94. The number of thiophene rings is 1. The first kappa shape index (κ1) is 23.1. The van der Waals surface area contributed by atoms with Crippen LogP contribution in [0.5, 0.6) is 0 Å². The number of hydrogen-bond donors (Lipinski definition) is 2. The van der Waals surface area contributed by atoms with E-state index < -0.39 is 16.0 Å². The quantitative estimate of drug-likeness (QED) is 0.466. The summed E-state index contributed by atoms with van der Waals surface area (Å²) < 4.78 is 29.8. The van der Waals surface area contributed by atoms with Gasteiger partial charge in [-0.1, -0.05) is 18.5 Å². The average molecular weight is 483 g/mol. The molecular weight excluding hydrogens is 460 g/mol. The van der Waals surface area contributed by atoms with Crippen LogP contribution in [0.2, 0.25) is 4.34 Å². The summed E-state index contributed by atoms with van der Waals surface area (Å²) in [5.74, 6) is -1.15. The fourth-order valence-corrected chi connectivity index (χ4v) is 5.74. The molecule has 0 aliphatic heterocycles. The molecule has 2 N–H and O–H groups in total. The largest absolute Gasteiger partial charge is 0.478 e. The fraction of sp³-hybridized carbons (Fsp3) is 0.300. The number of aromatic carboxylic acids is 1. The van der Waals surface area contributed by atoms with Crippen molar-refractivity contribution in [2.45, 2.75) is 37.6 Å². The maximum absolute atomic E-state index is 12.5. The van der Waals surface area contributed by atoms with Crippen molar-refractivity contribution >= 4 is 50.3 Å². The van der Waals surface area contributed by atoms with Crippen molar-refractivity contribution in [3.8, 4) is 0 Å². The van der Waals surface area contributed by atoms with Gasteiger partial charge in [0.25, 0.3) is 10.0 Å². The van der Waals surface area contributed by atoms with Crippen LogP contribution in [0.25, 0.3) is 0 Å². The van der Waals surface area contributed by atoms with Crippen LogP contribution < -0.4 is 9.62 Å². The summed E-state index contributed by atoms with van der Waals surface area (Å²) in [5.41, 5.74) is 2.49. The van der Waals surface area contributed by atoms with Gasteiger partial charge >= 0.3 is 5.97 Å². The Hall–Kier alpha value is -2.56. The lowest BCUT2D eigenvalue weighted by atomic mass is 10.1. The summed E-state index contributed by atoms with van der Waals surface area (Å²) in [6, 6.07) is 9.32. The predicted molar refractivity (Wildman–Crippen MR) is 123 cm³/mol. The van der Waals surface area contributed by atoms with Crippen molar-refractivity contribution in [3.05, 3.63) is 57.7 Å². The van der Waals surface area contributed by atoms with E-state index in [0.717, 1.165) is 35.7 Å². The second kappa shape index (κ2) is 9.29. The normalized spacial score (nSPS) is 11.5. The SMILES string of the molecule is CCCn1nc(C)cc1CN(C)c1ccc(NS(=O)(=O)c2ccc(Cl)s2)cc1C(=O)O. The molecule has 166 valence electrons. The zero-order valence-electron chi connectivity index (χ0n) is 17.3. The number of sulfonamides is 1. The Bertz CT molecular complexity index is 1200. The molecule has 0 fully saturated rings. The molecule has 0 amide bonds. The number of nitrogens with one attached hydrogen (secondary N) is 1. The average Bonchev–Trinajstić information content (AvgIpc) is 3.27. The predicted octanol–water partition coefficient (Wildman–Crippen LogP) is 4.45. The zero-order chi connectivity index (χ0) is 22.8. The second-order valence-corrected chi connectivity index (χ2v) is 10.7. The first-order valence-electron chi connectivity index (χ1n) is 9.50. The standard InChI is InChI=1S/C20H23ClN4O4S2/c1-4-9-25-15(10-13(2)22-25)12-24(3)17-6-5-14(11-16(17)20(26)27)23-31(28,29)19-8-7-18(21)30-19/h5-8,10-11,23H,4,9,12H2,1-3H3,(H,26,27). The van der Waals surface area contributed by atoms with Crippen LogP contribution in [0.15, 0.2) is 40.6 Å². The van der Waals surface area contributed by atoms with Gasteiger partial charge in [-0.05, 0) is 49.7 Å². The van der Waals surface area contributed by atoms with Crippen LogP contribution in [-0.2, 0) is 23.1 Å². The van der Waals surface area contributed by atoms with Crippen molar-refractivity contribution in [3.63, 3.8) is 0 Å². The first-order valence-corrected chi connectivity index (χ1v) is 12.2. The maximum atomic E-state index is 12.5. The number of aromatic nitrogens is 2. The van der Waals surface area contributed by atoms with Crippen molar-refractivity contribution in [1.82, 2.24) is 9.78 Å². The molecule has 0 aliphatic carbocycles. The van der Waals surface area contributed by atoms with Gasteiger partial charge in [0.2, 0.25) is 0 Å². The highest BCUT2D eigenvalue weighted by atomic mass is 35.5. The summed E-state index contributed by atoms with van der Waals surface area (Å²) >= 11 is 6.75. The smallest absolute Gasteiger partial charge is 0.337 e. The topological polar surface area (TPSA) is 105 Å². The van der Waals surface area contributed by atoms with E-state index in [1.165, 1.54) is 18.2 Å². The van der Waals surface area contributed by atoms with Crippen LogP contribution in [0.1, 0.15) is 35.1 Å². The summed E-state index contributed by atoms with van der Waals surface area (Å²) in [6.45, 7) is 5.22. The lowest BCUT2D eigenvalue weighted by Crippen LogP contribution is -2.22. The lowest BCUT2D eigenvalue weighted by Gasteiger charge is -2.22. The fourth-order valence-electron chi connectivity index (χ4n) is 3.21. The number of rotatable bonds is 9. The van der Waals surface area contributed by atoms with Crippen LogP contribution in [0.3, 0.4) is 0 Å². The molecule has 0 atom stereocenters. The molecule has 2 aromatic heterocycles. The highest BCUT2D eigenvalue weighted by Gasteiger charge is 2.20. The molecule has 3 aromatic rings. The Kier molecular flexibility index (Phi) is 6.93. The number of hydrogen-bond acceptors (Lipinski definition) is 6. The minimum atomic E-state index is -3.86. The van der Waals surface area contributed by atoms with Gasteiger partial charge in [-0.3, -0.25) is 9.40 Å². The summed E-state index contributed by atoms with van der Waals surface area (Å²) in [6.07, 6.45) is 0.933. The van der Waals surface area contributed by atoms with E-state index in [1.807, 2.05) is 22.6 Å². The van der Waals surface area contributed by atoms with E-state index in [2.05, 4.69) is 16.7 Å². The molecule has 31 heavy (non-hydrogen) atoms. The minimum absolute atomic E-state index is 0.00908. The Morgan fingerprint density at radius 1 is 1.29 bits per heavy atom. The van der Waals surface area contributed by atoms with Crippen LogP contribution >= 0.6 is 22.9 Å². The number of anilines is 2. The number of carboxylic acid groups (broad SMARTS) is 1. The molecule has 8 nitrogen and oxygen atoms in total. The summed E-state index contributed by atoms with van der Waals surface area (Å²) in [5, 5.41) is 14.2. The van der Waals surface area contributed by atoms with E-state index in [4.69, 9.17) is 11.6 Å². The molecule has 0 saturated heterocycles. The van der Waals surface area contributed by atoms with Crippen molar-refractivity contribution in [1.29, 1.82) is 0 Å². The van der Waals surface area contributed by atoms with E-state index in [0.29, 0.717) is 16.6 Å². The number of nitrogens with zero attached hydrogens (tertiary/aromatic N) is 3. The Balaban J connectivity index is 1.88. The minimum Gasteiger partial charge on any atom is -0.478 e. The Labute approximate surface area is 190 Å². The maximum Gasteiger partial charge on any atom is 0.337 e. The number of halogens is 1. The highest BCUT2D eigenvalue weighted by Crippen LogP contribution is 2.30. The van der Waals surface area contributed by atoms with Gasteiger partial charge < -0.3 is 10.0 Å². The molecule has 11 heteroatoms. The molecule has 1 aromatic carbocycles. The van der Waals surface area contributed by atoms with Gasteiger partial charge in [-0.25, -0.2) is 13.2 Å². The monoisotopic (exact) mass is 482 g/mol. The van der Waals surface area contributed by atoms with Crippen LogP contribution in [0.4, 0.5) is 11.4 Å². The molecule has 2 heterocycles. The molecule has 0 bridgehead atoms. The Morgan fingerprint density at radius 2 is 2.03 bits per heavy atom. The Morgan fingerprint density at radius 3 is 2.65 bits per heavy atom. The number of carbonyl (C=O) groups is 1. The van der Waals surface area contributed by atoms with E-state index in [1.54, 1.807) is 19.2 Å². The molecule has 0 spiro atoms. The lowest BCUT2D eigenvalue weighted by molar-refractivity contribution is 0.0697. The third-order valence-electron chi connectivity index (χ3n) is 4.52. The van der Waals surface area contributed by atoms with Gasteiger partial charge in [-0.2, -0.15) is 5.10 Å². The third kappa shape index (κ3) is 5.38. The molecule has 0 aliphatic rings. The third-order valence-corrected chi connectivity index (χ3v) is 7.63. The summed E-state index contributed by atoms with van der Waals surface area (Å²) in [7, 11) is -2.07. The molecule has 0 saturated carbocycles. The number of benzene rings is 1. The molecule has 0 unspecified atom stereocenters. The summed E-state index contributed by atoms with van der Waals surface area (Å²) in [4.78, 5) is 13.7. The number of aryl methyl sites for hydroxylation is 2. The van der Waals surface area contributed by atoms with Crippen LogP contribution in [0, 0.1) is 6.92 Å². The van der Waals surface area contributed by atoms with E-state index >= 15 is 0 Å². The molecule has 0 radical (unpaired) electrons. The van der Waals surface area contributed by atoms with Gasteiger partial charge in [-0.15, -0.1) is 11.3 Å². The second-order valence-electron chi connectivity index (χ2n) is 7.06. The van der Waals surface area contributed by atoms with Crippen LogP contribution in [-0.4, -0.2) is 36.3 Å². The van der Waals surface area contributed by atoms with Gasteiger partial charge in [0.1, 0.15) is 4.21 Å². The van der Waals surface area contributed by atoms with Crippen molar-refractivity contribution < 1.29 is 18.3 Å². The first-order chi connectivity index (χ1) is 14.6. The molecular formula is C20H23ClN4O4S2. The van der Waals surface area contributed by atoms with Gasteiger partial charge in [0.05, 0.1) is 33.5 Å². The van der Waals surface area contributed by atoms with Gasteiger partial charge in [0.15, 0.2) is 0 Å². The van der Waals surface area contributed by atoms with E-state index in [-0.39, 0.29) is 15.5 Å². The van der Waals surface area contributed by atoms with E-state index in [9.17, 15) is 18.3 Å². The number of carboxylic acids is 1. The zero-order valence-corrected chi connectivity index (χ0v) is 19.7. The van der Waals surface area contributed by atoms with Gasteiger partial charge in [0, 0.05) is 19.3 Å². The van der Waals surface area contributed by atoms with Crippen molar-refractivity contribution in [2.24, 2.45) is 0 Å².